The van der Waals surface area contributed by atoms with E-state index < -0.39 is 0 Å². The lowest BCUT2D eigenvalue weighted by molar-refractivity contribution is 0.215. The summed E-state index contributed by atoms with van der Waals surface area (Å²) in [6, 6.07) is 19.4. The largest absolute Gasteiger partial charge is 0.493 e. The minimum absolute atomic E-state index is 0.535. The van der Waals surface area contributed by atoms with E-state index in [9.17, 15) is 0 Å². The summed E-state index contributed by atoms with van der Waals surface area (Å²) < 4.78 is 14.6. The van der Waals surface area contributed by atoms with E-state index in [1.807, 2.05) is 24.3 Å². The second-order valence-electron chi connectivity index (χ2n) is 9.33. The van der Waals surface area contributed by atoms with Gasteiger partial charge in [-0.25, -0.2) is 4.98 Å². The van der Waals surface area contributed by atoms with E-state index in [-0.39, 0.29) is 0 Å². The number of halogens is 2. The van der Waals surface area contributed by atoms with Gasteiger partial charge in [0.15, 0.2) is 0 Å². The Balaban J connectivity index is 1.44. The first-order valence-corrected chi connectivity index (χ1v) is 13.4. The highest BCUT2D eigenvalue weighted by Gasteiger charge is 2.16. The molecule has 1 aromatic heterocycles. The van der Waals surface area contributed by atoms with Gasteiger partial charge in [0.1, 0.15) is 23.1 Å². The number of nitrogens with zero attached hydrogens (tertiary/aromatic N) is 2. The van der Waals surface area contributed by atoms with Crippen molar-refractivity contribution in [3.05, 3.63) is 70.7 Å². The summed E-state index contributed by atoms with van der Waals surface area (Å²) >= 11 is 12.3. The standard InChI is InChI=1S/C29H31Cl2N3O2/c1-2-3-13-34-28-18-24(35-19-20-9-11-32-12-10-20)7-8-27(28)33-29(34)21-5-4-6-25(14-21)36-26-16-22(30)15-23(31)17-26/h4-8,14-18,20,32H,2-3,9-13,19H2,1H3. The van der Waals surface area contributed by atoms with Gasteiger partial charge in [-0.1, -0.05) is 48.7 Å². The Kier molecular flexibility index (Phi) is 8.00. The minimum Gasteiger partial charge on any atom is -0.493 e. The number of benzene rings is 3. The van der Waals surface area contributed by atoms with Gasteiger partial charge in [0.25, 0.3) is 0 Å². The first-order valence-electron chi connectivity index (χ1n) is 12.7. The van der Waals surface area contributed by atoms with Crippen LogP contribution in [0.5, 0.6) is 17.2 Å². The van der Waals surface area contributed by atoms with Crippen molar-refractivity contribution in [3.63, 3.8) is 0 Å². The summed E-state index contributed by atoms with van der Waals surface area (Å²) in [5, 5.41) is 4.49. The lowest BCUT2D eigenvalue weighted by Gasteiger charge is -2.22. The molecule has 0 atom stereocenters. The van der Waals surface area contributed by atoms with Gasteiger partial charge < -0.3 is 19.4 Å². The number of ether oxygens (including phenoxy) is 2. The van der Waals surface area contributed by atoms with Crippen LogP contribution in [0.4, 0.5) is 0 Å². The molecule has 0 bridgehead atoms. The summed E-state index contributed by atoms with van der Waals surface area (Å²) in [5.41, 5.74) is 3.04. The molecule has 1 saturated heterocycles. The molecule has 5 nitrogen and oxygen atoms in total. The molecule has 0 spiro atoms. The van der Waals surface area contributed by atoms with E-state index in [0.29, 0.717) is 27.5 Å². The number of unbranched alkanes of at least 4 members (excludes halogenated alkanes) is 1. The minimum atomic E-state index is 0.535. The average Bonchev–Trinajstić information content (AvgIpc) is 3.24. The molecule has 0 radical (unpaired) electrons. The van der Waals surface area contributed by atoms with Crippen molar-refractivity contribution in [3.8, 4) is 28.6 Å². The number of aromatic nitrogens is 2. The third-order valence-electron chi connectivity index (χ3n) is 6.56. The molecule has 1 aliphatic heterocycles. The SMILES string of the molecule is CCCCn1c(-c2cccc(Oc3cc(Cl)cc(Cl)c3)c2)nc2ccc(OCC3CCNCC3)cc21. The van der Waals surface area contributed by atoms with Gasteiger partial charge in [-0.3, -0.25) is 0 Å². The zero-order valence-electron chi connectivity index (χ0n) is 20.5. The van der Waals surface area contributed by atoms with Crippen molar-refractivity contribution in [1.82, 2.24) is 14.9 Å². The summed E-state index contributed by atoms with van der Waals surface area (Å²) in [7, 11) is 0. The molecule has 0 unspecified atom stereocenters. The predicted molar refractivity (Wildman–Crippen MR) is 148 cm³/mol. The molecule has 0 amide bonds. The molecule has 0 aliphatic carbocycles. The molecule has 1 aliphatic rings. The number of rotatable bonds is 9. The number of nitrogens with one attached hydrogen (secondary N) is 1. The molecular weight excluding hydrogens is 493 g/mol. The summed E-state index contributed by atoms with van der Waals surface area (Å²) in [4.78, 5) is 5.00. The van der Waals surface area contributed by atoms with Gasteiger partial charge >= 0.3 is 0 Å². The molecule has 0 saturated carbocycles. The van der Waals surface area contributed by atoms with E-state index in [1.165, 1.54) is 12.8 Å². The van der Waals surface area contributed by atoms with Crippen molar-refractivity contribution in [2.45, 2.75) is 39.2 Å². The molecule has 36 heavy (non-hydrogen) atoms. The Morgan fingerprint density at radius 3 is 2.53 bits per heavy atom. The fraction of sp³-hybridized carbons (Fsp3) is 0.345. The smallest absolute Gasteiger partial charge is 0.141 e. The number of hydrogen-bond acceptors (Lipinski definition) is 4. The number of fused-ring (bicyclic) bond motifs is 1. The van der Waals surface area contributed by atoms with Gasteiger partial charge in [-0.15, -0.1) is 0 Å². The van der Waals surface area contributed by atoms with Crippen molar-refractivity contribution < 1.29 is 9.47 Å². The molecule has 5 rings (SSSR count). The van der Waals surface area contributed by atoms with Crippen LogP contribution in [0.25, 0.3) is 22.4 Å². The van der Waals surface area contributed by atoms with E-state index in [4.69, 9.17) is 37.7 Å². The maximum absolute atomic E-state index is 6.22. The van der Waals surface area contributed by atoms with Crippen LogP contribution < -0.4 is 14.8 Å². The van der Waals surface area contributed by atoms with Crippen LogP contribution in [0.3, 0.4) is 0 Å². The Bertz CT molecular complexity index is 1310. The average molecular weight is 524 g/mol. The lowest BCUT2D eigenvalue weighted by Crippen LogP contribution is -2.30. The zero-order chi connectivity index (χ0) is 24.9. The van der Waals surface area contributed by atoms with E-state index in [2.05, 4.69) is 35.0 Å². The fourth-order valence-corrected chi connectivity index (χ4v) is 5.15. The van der Waals surface area contributed by atoms with Crippen molar-refractivity contribution in [2.75, 3.05) is 19.7 Å². The molecule has 2 heterocycles. The van der Waals surface area contributed by atoms with Gasteiger partial charge in [-0.2, -0.15) is 0 Å². The summed E-state index contributed by atoms with van der Waals surface area (Å²) in [6.45, 7) is 6.00. The van der Waals surface area contributed by atoms with E-state index >= 15 is 0 Å². The highest BCUT2D eigenvalue weighted by Crippen LogP contribution is 2.33. The fourth-order valence-electron chi connectivity index (χ4n) is 4.64. The molecule has 1 N–H and O–H groups in total. The van der Waals surface area contributed by atoms with Gasteiger partial charge in [0.2, 0.25) is 0 Å². The van der Waals surface area contributed by atoms with E-state index in [0.717, 1.165) is 67.3 Å². The topological polar surface area (TPSA) is 48.3 Å². The Labute approximate surface area is 222 Å². The number of imidazole rings is 1. The Morgan fingerprint density at radius 2 is 1.75 bits per heavy atom. The van der Waals surface area contributed by atoms with Crippen molar-refractivity contribution in [1.29, 1.82) is 0 Å². The van der Waals surface area contributed by atoms with Crippen LogP contribution in [0, 0.1) is 5.92 Å². The van der Waals surface area contributed by atoms with E-state index in [1.54, 1.807) is 18.2 Å². The molecule has 4 aromatic rings. The number of piperidine rings is 1. The molecule has 1 fully saturated rings. The van der Waals surface area contributed by atoms with Crippen molar-refractivity contribution >= 4 is 34.2 Å². The van der Waals surface area contributed by atoms with Crippen molar-refractivity contribution in [2.24, 2.45) is 5.92 Å². The third-order valence-corrected chi connectivity index (χ3v) is 7.00. The zero-order valence-corrected chi connectivity index (χ0v) is 22.0. The lowest BCUT2D eigenvalue weighted by atomic mass is 9.99. The monoisotopic (exact) mass is 523 g/mol. The normalized spacial score (nSPS) is 14.3. The maximum atomic E-state index is 6.22. The molecule has 7 heteroatoms. The quantitative estimate of drug-likeness (QED) is 0.241. The van der Waals surface area contributed by atoms with Crippen LogP contribution in [0.1, 0.15) is 32.6 Å². The summed E-state index contributed by atoms with van der Waals surface area (Å²) in [5.74, 6) is 3.73. The van der Waals surface area contributed by atoms with Crippen LogP contribution in [-0.2, 0) is 6.54 Å². The molecule has 188 valence electrons. The van der Waals surface area contributed by atoms with Gasteiger partial charge in [0, 0.05) is 28.2 Å². The van der Waals surface area contributed by atoms with Crippen LogP contribution in [0.2, 0.25) is 10.0 Å². The summed E-state index contributed by atoms with van der Waals surface area (Å²) in [6.07, 6.45) is 4.50. The van der Waals surface area contributed by atoms with Gasteiger partial charge in [-0.05, 0) is 80.7 Å². The second kappa shape index (κ2) is 11.5. The highest BCUT2D eigenvalue weighted by atomic mass is 35.5. The third kappa shape index (κ3) is 5.97. The first-order chi connectivity index (χ1) is 17.6. The highest BCUT2D eigenvalue weighted by molar-refractivity contribution is 6.34. The second-order valence-corrected chi connectivity index (χ2v) is 10.2. The maximum Gasteiger partial charge on any atom is 0.141 e. The number of hydrogen-bond donors (Lipinski definition) is 1. The van der Waals surface area contributed by atoms with Gasteiger partial charge in [0.05, 0.1) is 17.6 Å². The predicted octanol–water partition coefficient (Wildman–Crippen LogP) is 7.98. The Hall–Kier alpha value is -2.73. The number of aryl methyl sites for hydroxylation is 1. The molecule has 3 aromatic carbocycles. The van der Waals surface area contributed by atoms with Crippen LogP contribution in [-0.4, -0.2) is 29.2 Å². The first kappa shape index (κ1) is 24.9. The molecular formula is C29H31Cl2N3O2. The van der Waals surface area contributed by atoms with Crippen LogP contribution in [0.15, 0.2) is 60.7 Å². The van der Waals surface area contributed by atoms with Crippen LogP contribution >= 0.6 is 23.2 Å². The Morgan fingerprint density at radius 1 is 0.944 bits per heavy atom.